The molecule has 0 saturated carbocycles. The lowest BCUT2D eigenvalue weighted by Crippen LogP contribution is -2.20. The van der Waals surface area contributed by atoms with Crippen molar-refractivity contribution in [2.24, 2.45) is 0 Å². The molecule has 0 amide bonds. The van der Waals surface area contributed by atoms with E-state index in [4.69, 9.17) is 0 Å². The van der Waals surface area contributed by atoms with Crippen LogP contribution in [0.2, 0.25) is 0 Å². The van der Waals surface area contributed by atoms with Crippen molar-refractivity contribution >= 4 is 18.3 Å². The van der Waals surface area contributed by atoms with Crippen molar-refractivity contribution in [1.82, 2.24) is 5.32 Å². The number of carbonyl (C=O) groups is 2. The molecule has 2 aromatic rings. The molecule has 0 radical (unpaired) electrons. The monoisotopic (exact) mass is 506 g/mol. The molecule has 35 heavy (non-hydrogen) atoms. The summed E-state index contributed by atoms with van der Waals surface area (Å²) < 4.78 is 86.2. The normalized spacial score (nSPS) is 15.6. The molecule has 0 aromatic heterocycles. The Bertz CT molecular complexity index is 973. The van der Waals surface area contributed by atoms with Crippen LogP contribution in [0.25, 0.3) is 0 Å². The summed E-state index contributed by atoms with van der Waals surface area (Å²) in [7, 11) is 0. The van der Waals surface area contributed by atoms with Crippen LogP contribution in [0, 0.1) is 5.82 Å². The van der Waals surface area contributed by atoms with Crippen LogP contribution in [-0.2, 0) is 12.4 Å². The van der Waals surface area contributed by atoms with Crippen molar-refractivity contribution < 1.29 is 40.3 Å². The second-order valence-electron chi connectivity index (χ2n) is 7.89. The number of aldehydes is 2. The molecule has 2 aromatic carbocycles. The Balaban J connectivity index is 0.000000211. The topological polar surface area (TPSA) is 49.4 Å². The summed E-state index contributed by atoms with van der Waals surface area (Å²) in [6, 6.07) is 5.00. The van der Waals surface area contributed by atoms with Gasteiger partial charge in [0.25, 0.3) is 0 Å². The van der Waals surface area contributed by atoms with E-state index < -0.39 is 29.3 Å². The van der Waals surface area contributed by atoms with Gasteiger partial charge in [0.2, 0.25) is 0 Å². The molecular weight excluding hydrogens is 481 g/mol. The molecule has 0 atom stereocenters. The number of hydrogen-bond acceptors (Lipinski definition) is 4. The van der Waals surface area contributed by atoms with Crippen molar-refractivity contribution in [1.29, 1.82) is 0 Å². The van der Waals surface area contributed by atoms with E-state index in [2.05, 4.69) is 5.32 Å². The first-order valence-electron chi connectivity index (χ1n) is 10.9. The molecule has 11 heteroatoms. The summed E-state index contributed by atoms with van der Waals surface area (Å²) in [5, 5.41) is 3.22. The number of carbonyl (C=O) groups excluding carboxylic acids is 2. The number of rotatable bonds is 3. The predicted octanol–water partition coefficient (Wildman–Crippen LogP) is 6.14. The first kappa shape index (κ1) is 28.3. The molecule has 2 fully saturated rings. The van der Waals surface area contributed by atoms with Crippen molar-refractivity contribution in [2.45, 2.75) is 38.0 Å². The van der Waals surface area contributed by atoms with Gasteiger partial charge in [0, 0.05) is 24.3 Å². The van der Waals surface area contributed by atoms with Gasteiger partial charge in [-0.2, -0.15) is 26.3 Å². The minimum absolute atomic E-state index is 0.162. The average molecular weight is 506 g/mol. The lowest BCUT2D eigenvalue weighted by Gasteiger charge is -2.21. The molecule has 0 spiro atoms. The van der Waals surface area contributed by atoms with Crippen molar-refractivity contribution in [3.8, 4) is 0 Å². The first-order chi connectivity index (χ1) is 16.5. The summed E-state index contributed by atoms with van der Waals surface area (Å²) in [5.41, 5.74) is -1.47. The zero-order valence-electron chi connectivity index (χ0n) is 18.7. The maximum Gasteiger partial charge on any atom is 0.416 e. The molecule has 2 aliphatic heterocycles. The van der Waals surface area contributed by atoms with Crippen LogP contribution in [0.15, 0.2) is 36.4 Å². The van der Waals surface area contributed by atoms with Crippen LogP contribution >= 0.6 is 0 Å². The summed E-state index contributed by atoms with van der Waals surface area (Å²) >= 11 is 0. The molecule has 192 valence electrons. The fraction of sp³-hybridized carbons (Fsp3) is 0.417. The number of alkyl halides is 6. The Morgan fingerprint density at radius 1 is 0.714 bits per heavy atom. The highest BCUT2D eigenvalue weighted by molar-refractivity contribution is 5.85. The number of nitrogens with one attached hydrogen (secondary N) is 1. The van der Waals surface area contributed by atoms with Crippen LogP contribution in [0.4, 0.5) is 36.4 Å². The highest BCUT2D eigenvalue weighted by Gasteiger charge is 2.32. The molecule has 2 aliphatic rings. The molecule has 0 unspecified atom stereocenters. The molecule has 1 N–H and O–H groups in total. The van der Waals surface area contributed by atoms with Gasteiger partial charge in [0.1, 0.15) is 5.82 Å². The van der Waals surface area contributed by atoms with Gasteiger partial charge in [-0.3, -0.25) is 9.59 Å². The maximum atomic E-state index is 12.6. The van der Waals surface area contributed by atoms with E-state index >= 15 is 0 Å². The van der Waals surface area contributed by atoms with Gasteiger partial charge in [-0.1, -0.05) is 0 Å². The summed E-state index contributed by atoms with van der Waals surface area (Å²) in [4.78, 5) is 22.7. The number of halogens is 7. The van der Waals surface area contributed by atoms with Crippen LogP contribution in [0.3, 0.4) is 0 Å². The Hall–Kier alpha value is -2.95. The van der Waals surface area contributed by atoms with E-state index in [0.717, 1.165) is 31.0 Å². The third-order valence-electron chi connectivity index (χ3n) is 5.34. The van der Waals surface area contributed by atoms with Crippen molar-refractivity contribution in [3.63, 3.8) is 0 Å². The van der Waals surface area contributed by atoms with Gasteiger partial charge in [-0.05, 0) is 75.2 Å². The molecule has 2 saturated heterocycles. The second-order valence-corrected chi connectivity index (χ2v) is 7.89. The van der Waals surface area contributed by atoms with Crippen LogP contribution in [0.1, 0.15) is 57.5 Å². The average Bonchev–Trinajstić information content (AvgIpc) is 3.55. The van der Waals surface area contributed by atoms with Gasteiger partial charge in [-0.15, -0.1) is 0 Å². The third-order valence-corrected chi connectivity index (χ3v) is 5.34. The summed E-state index contributed by atoms with van der Waals surface area (Å²) in [6.07, 6.45) is -3.50. The van der Waals surface area contributed by atoms with E-state index in [0.29, 0.717) is 42.8 Å². The largest absolute Gasteiger partial charge is 0.416 e. The Morgan fingerprint density at radius 2 is 1.20 bits per heavy atom. The number of nitrogens with zero attached hydrogens (tertiary/aromatic N) is 1. The van der Waals surface area contributed by atoms with Crippen LogP contribution < -0.4 is 10.2 Å². The standard InChI is InChI=1S/C12H12F3NO.C8H4F4O.C4H9N/c13-12(14,15)10-4-3-9(8-17)11(7-10)16-5-1-2-6-16;9-7-3-6(8(10,11)12)2-1-5(7)4-13;1-2-4-5-3-1/h3-4,7-8H,1-2,5-6H2;1-4H;5H,1-4H2. The minimum atomic E-state index is -4.58. The van der Waals surface area contributed by atoms with Gasteiger partial charge < -0.3 is 10.2 Å². The molecule has 0 aliphatic carbocycles. The molecule has 4 rings (SSSR count). The third kappa shape index (κ3) is 8.65. The van der Waals surface area contributed by atoms with Gasteiger partial charge >= 0.3 is 12.4 Å². The number of hydrogen-bond donors (Lipinski definition) is 1. The lowest BCUT2D eigenvalue weighted by molar-refractivity contribution is -0.138. The minimum Gasteiger partial charge on any atom is -0.371 e. The first-order valence-corrected chi connectivity index (χ1v) is 10.9. The Kier molecular flexibility index (Phi) is 10.2. The zero-order valence-corrected chi connectivity index (χ0v) is 18.7. The van der Waals surface area contributed by atoms with Gasteiger partial charge in [0.15, 0.2) is 12.6 Å². The molecule has 4 nitrogen and oxygen atoms in total. The Morgan fingerprint density at radius 3 is 1.60 bits per heavy atom. The van der Waals surface area contributed by atoms with Crippen molar-refractivity contribution in [2.75, 3.05) is 31.1 Å². The quantitative estimate of drug-likeness (QED) is 0.401. The number of anilines is 1. The van der Waals surface area contributed by atoms with E-state index in [9.17, 15) is 40.3 Å². The zero-order chi connectivity index (χ0) is 26.1. The predicted molar refractivity (Wildman–Crippen MR) is 117 cm³/mol. The fourth-order valence-corrected chi connectivity index (χ4v) is 3.48. The van der Waals surface area contributed by atoms with Crippen LogP contribution in [-0.4, -0.2) is 38.8 Å². The molecule has 2 heterocycles. The van der Waals surface area contributed by atoms with Crippen LogP contribution in [0.5, 0.6) is 0 Å². The SMILES string of the molecule is C1CCNC1.O=Cc1ccc(C(F)(F)F)cc1F.O=Cc1ccc(C(F)(F)F)cc1N1CCCC1. The maximum absolute atomic E-state index is 12.6. The van der Waals surface area contributed by atoms with Crippen molar-refractivity contribution in [3.05, 3.63) is 64.5 Å². The highest BCUT2D eigenvalue weighted by atomic mass is 19.4. The smallest absolute Gasteiger partial charge is 0.371 e. The van der Waals surface area contributed by atoms with Gasteiger partial charge in [-0.25, -0.2) is 4.39 Å². The lowest BCUT2D eigenvalue weighted by atomic mass is 10.1. The summed E-state index contributed by atoms with van der Waals surface area (Å²) in [6.45, 7) is 3.92. The summed E-state index contributed by atoms with van der Waals surface area (Å²) in [5.74, 6) is -1.16. The van der Waals surface area contributed by atoms with E-state index in [1.807, 2.05) is 4.90 Å². The molecular formula is C24H25F7N2O2. The molecule has 0 bridgehead atoms. The van der Waals surface area contributed by atoms with Gasteiger partial charge in [0.05, 0.1) is 16.7 Å². The Labute approximate surface area is 198 Å². The highest BCUT2D eigenvalue weighted by Crippen LogP contribution is 2.34. The second kappa shape index (κ2) is 12.7. The fourth-order valence-electron chi connectivity index (χ4n) is 3.48. The van der Waals surface area contributed by atoms with E-state index in [1.54, 1.807) is 0 Å². The van der Waals surface area contributed by atoms with E-state index in [-0.39, 0.29) is 11.8 Å². The number of benzene rings is 2. The van der Waals surface area contributed by atoms with E-state index in [1.165, 1.54) is 32.0 Å².